The lowest BCUT2D eigenvalue weighted by Gasteiger charge is -2.07. The van der Waals surface area contributed by atoms with Crippen molar-refractivity contribution in [3.05, 3.63) is 62.6 Å². The number of hydrogen-bond acceptors (Lipinski definition) is 6. The van der Waals surface area contributed by atoms with Gasteiger partial charge in [0.25, 0.3) is 17.2 Å². The summed E-state index contributed by atoms with van der Waals surface area (Å²) in [5.74, 6) is -0.444. The van der Waals surface area contributed by atoms with E-state index in [0.717, 1.165) is 0 Å². The molecule has 0 atom stereocenters. The van der Waals surface area contributed by atoms with Gasteiger partial charge in [-0.05, 0) is 12.1 Å². The Hall–Kier alpha value is -3.23. The molecule has 0 radical (unpaired) electrons. The van der Waals surface area contributed by atoms with E-state index in [2.05, 4.69) is 20.8 Å². The summed E-state index contributed by atoms with van der Waals surface area (Å²) in [6.45, 7) is 0.547. The van der Waals surface area contributed by atoms with Crippen LogP contribution in [0.2, 0.25) is 0 Å². The second-order valence-corrected chi connectivity index (χ2v) is 4.26. The molecular weight excluding hydrogens is 290 g/mol. The van der Waals surface area contributed by atoms with Gasteiger partial charge in [-0.2, -0.15) is 5.10 Å². The summed E-state index contributed by atoms with van der Waals surface area (Å²) >= 11 is 0. The predicted molar refractivity (Wildman–Crippen MR) is 78.8 cm³/mol. The first-order valence-electron chi connectivity index (χ1n) is 6.39. The van der Waals surface area contributed by atoms with E-state index in [-0.39, 0.29) is 17.9 Å². The molecule has 9 nitrogen and oxygen atoms in total. The third-order valence-electron chi connectivity index (χ3n) is 2.74. The van der Waals surface area contributed by atoms with Gasteiger partial charge in [0.05, 0.1) is 4.92 Å². The predicted octanol–water partition coefficient (Wildman–Crippen LogP) is 0.520. The molecule has 0 saturated heterocycles. The van der Waals surface area contributed by atoms with E-state index in [1.165, 1.54) is 18.2 Å². The van der Waals surface area contributed by atoms with Gasteiger partial charge in [0.15, 0.2) is 0 Å². The van der Waals surface area contributed by atoms with Gasteiger partial charge in [0.1, 0.15) is 11.4 Å². The number of hydrogen-bond donors (Lipinski definition) is 3. The summed E-state index contributed by atoms with van der Waals surface area (Å²) < 4.78 is 0. The Bertz CT molecular complexity index is 723. The molecule has 1 aromatic carbocycles. The molecule has 0 fully saturated rings. The van der Waals surface area contributed by atoms with Gasteiger partial charge in [-0.1, -0.05) is 12.1 Å². The van der Waals surface area contributed by atoms with Crippen LogP contribution in [0, 0.1) is 10.1 Å². The summed E-state index contributed by atoms with van der Waals surface area (Å²) in [5, 5.41) is 22.0. The summed E-state index contributed by atoms with van der Waals surface area (Å²) in [6.07, 6.45) is 0. The zero-order chi connectivity index (χ0) is 15.9. The summed E-state index contributed by atoms with van der Waals surface area (Å²) in [5.41, 5.74) is 0.0416. The Kier molecular flexibility index (Phi) is 4.81. The van der Waals surface area contributed by atoms with E-state index < -0.39 is 16.4 Å². The number of nitrogens with one attached hydrogen (secondary N) is 3. The number of nitrogens with zero attached hydrogens (tertiary/aromatic N) is 2. The van der Waals surface area contributed by atoms with Crippen LogP contribution >= 0.6 is 0 Å². The second-order valence-electron chi connectivity index (χ2n) is 4.26. The van der Waals surface area contributed by atoms with Gasteiger partial charge in [0, 0.05) is 25.2 Å². The molecule has 0 aliphatic heterocycles. The second kappa shape index (κ2) is 6.97. The fourth-order valence-electron chi connectivity index (χ4n) is 1.72. The van der Waals surface area contributed by atoms with Crippen molar-refractivity contribution < 1.29 is 9.72 Å². The number of H-pyrrole nitrogens is 1. The van der Waals surface area contributed by atoms with Crippen LogP contribution in [-0.2, 0) is 0 Å². The zero-order valence-electron chi connectivity index (χ0n) is 11.4. The smallest absolute Gasteiger partial charge is 0.292 e. The fourth-order valence-corrected chi connectivity index (χ4v) is 1.72. The van der Waals surface area contributed by atoms with E-state index in [4.69, 9.17) is 0 Å². The molecule has 22 heavy (non-hydrogen) atoms. The van der Waals surface area contributed by atoms with Gasteiger partial charge < -0.3 is 10.6 Å². The number of anilines is 1. The number of carbonyl (C=O) groups excluding carboxylic acids is 1. The maximum atomic E-state index is 11.7. The highest BCUT2D eigenvalue weighted by molar-refractivity contribution is 5.91. The first-order valence-corrected chi connectivity index (χ1v) is 6.39. The summed E-state index contributed by atoms with van der Waals surface area (Å²) in [4.78, 5) is 32.9. The van der Waals surface area contributed by atoms with Gasteiger partial charge in [-0.25, -0.2) is 5.10 Å². The van der Waals surface area contributed by atoms with Gasteiger partial charge in [-0.15, -0.1) is 0 Å². The number of nitro benzene ring substituents is 1. The molecule has 0 aliphatic carbocycles. The molecule has 3 N–H and O–H groups in total. The van der Waals surface area contributed by atoms with Crippen LogP contribution < -0.4 is 16.2 Å². The molecule has 114 valence electrons. The van der Waals surface area contributed by atoms with Crippen molar-refractivity contribution >= 4 is 17.3 Å². The van der Waals surface area contributed by atoms with Crippen molar-refractivity contribution in [3.63, 3.8) is 0 Å². The van der Waals surface area contributed by atoms with Crippen LogP contribution in [0.3, 0.4) is 0 Å². The van der Waals surface area contributed by atoms with Gasteiger partial charge in [-0.3, -0.25) is 19.7 Å². The van der Waals surface area contributed by atoms with Crippen molar-refractivity contribution in [2.45, 2.75) is 0 Å². The Morgan fingerprint density at radius 1 is 1.23 bits per heavy atom. The number of amides is 1. The zero-order valence-corrected chi connectivity index (χ0v) is 11.4. The number of aromatic nitrogens is 2. The Morgan fingerprint density at radius 2 is 2.00 bits per heavy atom. The molecule has 1 aromatic heterocycles. The van der Waals surface area contributed by atoms with Crippen LogP contribution in [0.5, 0.6) is 0 Å². The lowest BCUT2D eigenvalue weighted by Crippen LogP contribution is -2.30. The number of aromatic amines is 1. The fraction of sp³-hybridized carbons (Fsp3) is 0.154. The van der Waals surface area contributed by atoms with Crippen molar-refractivity contribution in [3.8, 4) is 0 Å². The SMILES string of the molecule is O=C(NCCNc1ccccc1[N+](=O)[O-])c1ccc(=O)[nH]n1. The first kappa shape index (κ1) is 15.2. The Balaban J connectivity index is 1.85. The number of carbonyl (C=O) groups is 1. The Labute approximate surface area is 124 Å². The topological polar surface area (TPSA) is 130 Å². The number of para-hydroxylation sites is 2. The third kappa shape index (κ3) is 3.88. The lowest BCUT2D eigenvalue weighted by molar-refractivity contribution is -0.384. The highest BCUT2D eigenvalue weighted by Crippen LogP contribution is 2.22. The Morgan fingerprint density at radius 3 is 2.68 bits per heavy atom. The van der Waals surface area contributed by atoms with Crippen LogP contribution in [-0.4, -0.2) is 34.1 Å². The lowest BCUT2D eigenvalue weighted by atomic mass is 10.2. The van der Waals surface area contributed by atoms with E-state index in [0.29, 0.717) is 12.2 Å². The molecule has 0 bridgehead atoms. The van der Waals surface area contributed by atoms with Crippen molar-refractivity contribution in [2.24, 2.45) is 0 Å². The average Bonchev–Trinajstić information content (AvgIpc) is 2.52. The summed E-state index contributed by atoms with van der Waals surface area (Å²) in [7, 11) is 0. The van der Waals surface area contributed by atoms with E-state index in [1.54, 1.807) is 18.2 Å². The van der Waals surface area contributed by atoms with Crippen molar-refractivity contribution in [1.82, 2.24) is 15.5 Å². The van der Waals surface area contributed by atoms with Gasteiger partial charge in [0.2, 0.25) is 0 Å². The van der Waals surface area contributed by atoms with Crippen LogP contribution in [0.1, 0.15) is 10.5 Å². The number of rotatable bonds is 6. The molecule has 0 unspecified atom stereocenters. The number of nitro groups is 1. The van der Waals surface area contributed by atoms with Crippen LogP contribution in [0.25, 0.3) is 0 Å². The average molecular weight is 303 g/mol. The highest BCUT2D eigenvalue weighted by atomic mass is 16.6. The normalized spacial score (nSPS) is 10.0. The molecular formula is C13H13N5O4. The van der Waals surface area contributed by atoms with E-state index in [9.17, 15) is 19.7 Å². The van der Waals surface area contributed by atoms with Crippen LogP contribution in [0.15, 0.2) is 41.2 Å². The van der Waals surface area contributed by atoms with Crippen molar-refractivity contribution in [1.29, 1.82) is 0 Å². The molecule has 9 heteroatoms. The maximum absolute atomic E-state index is 11.7. The van der Waals surface area contributed by atoms with E-state index in [1.807, 2.05) is 0 Å². The molecule has 1 heterocycles. The highest BCUT2D eigenvalue weighted by Gasteiger charge is 2.11. The molecule has 2 rings (SSSR count). The van der Waals surface area contributed by atoms with Gasteiger partial charge >= 0.3 is 0 Å². The first-order chi connectivity index (χ1) is 10.6. The molecule has 0 spiro atoms. The van der Waals surface area contributed by atoms with Crippen molar-refractivity contribution in [2.75, 3.05) is 18.4 Å². The molecule has 2 aromatic rings. The summed E-state index contributed by atoms with van der Waals surface area (Å²) in [6, 6.07) is 8.75. The standard InChI is InChI=1S/C13H13N5O4/c19-12-6-5-10(16-17-12)13(20)15-8-7-14-9-3-1-2-4-11(9)18(21)22/h1-6,14H,7-8H2,(H,15,20)(H,17,19). The minimum Gasteiger partial charge on any atom is -0.378 e. The van der Waals surface area contributed by atoms with Crippen LogP contribution in [0.4, 0.5) is 11.4 Å². The minimum absolute atomic E-state index is 0.0314. The quantitative estimate of drug-likeness (QED) is 0.405. The number of benzene rings is 1. The largest absolute Gasteiger partial charge is 0.378 e. The minimum atomic E-state index is -0.481. The molecule has 0 aliphatic rings. The monoisotopic (exact) mass is 303 g/mol. The third-order valence-corrected chi connectivity index (χ3v) is 2.74. The molecule has 1 amide bonds. The van der Waals surface area contributed by atoms with E-state index >= 15 is 0 Å². The maximum Gasteiger partial charge on any atom is 0.292 e. The molecule has 0 saturated carbocycles.